The number of unbranched alkanes of at least 4 members (excludes halogenated alkanes) is 28. The Hall–Kier alpha value is -2.29. The molecule has 0 rings (SSSR count). The molecule has 408 valence electrons. The van der Waals surface area contributed by atoms with Crippen molar-refractivity contribution in [3.8, 4) is 0 Å². The highest BCUT2D eigenvalue weighted by Crippen LogP contribution is 2.43. The minimum atomic E-state index is -4.45. The molecule has 0 aliphatic rings. The zero-order valence-corrected chi connectivity index (χ0v) is 47.4. The van der Waals surface area contributed by atoms with Crippen molar-refractivity contribution in [1.82, 2.24) is 5.32 Å². The summed E-state index contributed by atoms with van der Waals surface area (Å²) in [6, 6.07) is -0.865. The standard InChI is InChI=1S/C60H111N2O7P/c1-7-10-13-16-19-22-25-28-30-31-32-35-38-41-44-47-50-53-60(64)69-58(51-48-45-42-39-36-33-27-24-21-18-15-12-9-3)57(56-68-70(65,66)67-55-54-62(4,5)6)61-59(63)52-49-46-43-40-37-34-29-26-23-20-17-14-11-8-2/h19,22,28,30,32,34-35,37,48,51,57-58H,7-18,20-21,23-27,29,31,33,36,38-47,49-50,52-56H2,1-6H3,(H-,61,63,65,66)/p+1/b22-19-,30-28-,35-32-,37-34-,51-48+. The Morgan fingerprint density at radius 3 is 1.36 bits per heavy atom. The van der Waals surface area contributed by atoms with Gasteiger partial charge in [0.25, 0.3) is 0 Å². The third-order valence-electron chi connectivity index (χ3n) is 12.7. The van der Waals surface area contributed by atoms with Crippen molar-refractivity contribution >= 4 is 19.7 Å². The summed E-state index contributed by atoms with van der Waals surface area (Å²) in [4.78, 5) is 37.6. The molecule has 70 heavy (non-hydrogen) atoms. The topological polar surface area (TPSA) is 111 Å². The molecular formula is C60H112N2O7P+. The van der Waals surface area contributed by atoms with Gasteiger partial charge >= 0.3 is 13.8 Å². The molecule has 0 aromatic carbocycles. The summed E-state index contributed by atoms with van der Waals surface area (Å²) >= 11 is 0. The fourth-order valence-corrected chi connectivity index (χ4v) is 8.85. The number of allylic oxidation sites excluding steroid dienone is 9. The number of quaternary nitrogens is 1. The molecule has 3 unspecified atom stereocenters. The molecule has 1 amide bonds. The number of hydrogen-bond acceptors (Lipinski definition) is 6. The number of ether oxygens (including phenoxy) is 1. The molecule has 3 atom stereocenters. The minimum absolute atomic E-state index is 0.0326. The maximum atomic E-state index is 13.5. The number of nitrogens with one attached hydrogen (secondary N) is 1. The van der Waals surface area contributed by atoms with E-state index in [1.165, 1.54) is 128 Å². The Morgan fingerprint density at radius 2 is 0.871 bits per heavy atom. The van der Waals surface area contributed by atoms with Crippen LogP contribution in [0.2, 0.25) is 0 Å². The third kappa shape index (κ3) is 50.6. The number of carbonyl (C=O) groups is 2. The lowest BCUT2D eigenvalue weighted by atomic mass is 10.0. The van der Waals surface area contributed by atoms with Crippen LogP contribution in [-0.4, -0.2) is 74.3 Å². The maximum absolute atomic E-state index is 13.5. The summed E-state index contributed by atoms with van der Waals surface area (Å²) in [6.07, 6.45) is 62.1. The lowest BCUT2D eigenvalue weighted by molar-refractivity contribution is -0.870. The van der Waals surface area contributed by atoms with E-state index in [0.717, 1.165) is 89.9 Å². The van der Waals surface area contributed by atoms with Crippen LogP contribution in [0.15, 0.2) is 60.8 Å². The highest BCUT2D eigenvalue weighted by atomic mass is 31.2. The minimum Gasteiger partial charge on any atom is -0.456 e. The van der Waals surface area contributed by atoms with E-state index in [1.807, 2.05) is 33.3 Å². The second-order valence-corrected chi connectivity index (χ2v) is 22.3. The largest absolute Gasteiger partial charge is 0.472 e. The van der Waals surface area contributed by atoms with Crippen LogP contribution in [-0.2, 0) is 27.9 Å². The molecule has 0 heterocycles. The van der Waals surface area contributed by atoms with Gasteiger partial charge in [-0.2, -0.15) is 0 Å². The molecule has 0 aliphatic carbocycles. The second-order valence-electron chi connectivity index (χ2n) is 20.8. The van der Waals surface area contributed by atoms with Gasteiger partial charge in [-0.15, -0.1) is 0 Å². The summed E-state index contributed by atoms with van der Waals surface area (Å²) in [6.45, 7) is 6.95. The van der Waals surface area contributed by atoms with Crippen molar-refractivity contribution in [3.63, 3.8) is 0 Å². The quantitative estimate of drug-likeness (QED) is 0.0205. The molecule has 9 nitrogen and oxygen atoms in total. The number of carbonyl (C=O) groups excluding carboxylic acids is 2. The summed E-state index contributed by atoms with van der Waals surface area (Å²) in [5.74, 6) is -0.547. The highest BCUT2D eigenvalue weighted by Gasteiger charge is 2.30. The van der Waals surface area contributed by atoms with Crippen LogP contribution < -0.4 is 5.32 Å². The Morgan fingerprint density at radius 1 is 0.500 bits per heavy atom. The van der Waals surface area contributed by atoms with Crippen LogP contribution in [0.1, 0.15) is 258 Å². The van der Waals surface area contributed by atoms with Crippen LogP contribution >= 0.6 is 7.82 Å². The van der Waals surface area contributed by atoms with Gasteiger partial charge < -0.3 is 19.4 Å². The molecule has 2 N–H and O–H groups in total. The summed E-state index contributed by atoms with van der Waals surface area (Å²) in [7, 11) is 1.47. The van der Waals surface area contributed by atoms with Crippen LogP contribution in [0, 0.1) is 0 Å². The molecule has 0 bridgehead atoms. The molecule has 0 spiro atoms. The molecule has 0 saturated heterocycles. The van der Waals surface area contributed by atoms with Gasteiger partial charge in [0.05, 0.1) is 33.8 Å². The van der Waals surface area contributed by atoms with Crippen molar-refractivity contribution in [2.75, 3.05) is 40.9 Å². The van der Waals surface area contributed by atoms with E-state index in [1.54, 1.807) is 0 Å². The first-order chi connectivity index (χ1) is 33.9. The predicted molar refractivity (Wildman–Crippen MR) is 300 cm³/mol. The number of nitrogens with zero attached hydrogens (tertiary/aromatic N) is 1. The molecule has 0 aromatic heterocycles. The molecule has 0 saturated carbocycles. The van der Waals surface area contributed by atoms with Crippen molar-refractivity contribution in [2.45, 2.75) is 270 Å². The normalized spacial score (nSPS) is 14.2. The van der Waals surface area contributed by atoms with Gasteiger partial charge in [0.15, 0.2) is 0 Å². The number of rotatable bonds is 52. The Labute approximate surface area is 432 Å². The van der Waals surface area contributed by atoms with Gasteiger partial charge in [0.1, 0.15) is 19.3 Å². The highest BCUT2D eigenvalue weighted by molar-refractivity contribution is 7.47. The van der Waals surface area contributed by atoms with E-state index >= 15 is 0 Å². The van der Waals surface area contributed by atoms with Crippen LogP contribution in [0.3, 0.4) is 0 Å². The van der Waals surface area contributed by atoms with E-state index in [2.05, 4.69) is 74.7 Å². The van der Waals surface area contributed by atoms with Crippen molar-refractivity contribution < 1.29 is 37.3 Å². The number of amides is 1. The zero-order chi connectivity index (χ0) is 51.5. The van der Waals surface area contributed by atoms with Gasteiger partial charge in [-0.25, -0.2) is 4.57 Å². The van der Waals surface area contributed by atoms with E-state index in [-0.39, 0.29) is 31.5 Å². The first-order valence-electron chi connectivity index (χ1n) is 29.1. The van der Waals surface area contributed by atoms with Crippen LogP contribution in [0.25, 0.3) is 0 Å². The lowest BCUT2D eigenvalue weighted by Gasteiger charge is -2.27. The monoisotopic (exact) mass is 1000 g/mol. The fraction of sp³-hybridized carbons (Fsp3) is 0.800. The van der Waals surface area contributed by atoms with E-state index in [4.69, 9.17) is 13.8 Å². The van der Waals surface area contributed by atoms with Gasteiger partial charge in [-0.1, -0.05) is 210 Å². The number of hydrogen-bond donors (Lipinski definition) is 2. The van der Waals surface area contributed by atoms with Crippen LogP contribution in [0.5, 0.6) is 0 Å². The van der Waals surface area contributed by atoms with Crippen molar-refractivity contribution in [1.29, 1.82) is 0 Å². The van der Waals surface area contributed by atoms with Gasteiger partial charge in [0.2, 0.25) is 5.91 Å². The SMILES string of the molecule is CCCCC/C=C\C/C=C\C/C=C\CCCCCCC(=O)OC(/C=C/CCCCCCCCCCCCC)C(COP(=O)(O)OCC[N+](C)(C)C)NC(=O)CCCCC/C=C\CCCCCCCCC. The molecule has 0 aliphatic heterocycles. The Kier molecular flexibility index (Phi) is 48.6. The zero-order valence-electron chi connectivity index (χ0n) is 46.5. The second kappa shape index (κ2) is 50.3. The van der Waals surface area contributed by atoms with Gasteiger partial charge in [0, 0.05) is 12.8 Å². The number of esters is 1. The Bertz CT molecular complexity index is 1390. The summed E-state index contributed by atoms with van der Waals surface area (Å²) in [5.41, 5.74) is 0. The number of phosphoric ester groups is 1. The van der Waals surface area contributed by atoms with E-state index in [9.17, 15) is 19.0 Å². The lowest BCUT2D eigenvalue weighted by Crippen LogP contribution is -2.47. The Balaban J connectivity index is 5.43. The maximum Gasteiger partial charge on any atom is 0.472 e. The third-order valence-corrected chi connectivity index (χ3v) is 13.7. The number of phosphoric acid groups is 1. The summed E-state index contributed by atoms with van der Waals surface area (Å²) < 4.78 is 30.6. The van der Waals surface area contributed by atoms with Crippen molar-refractivity contribution in [3.05, 3.63) is 60.8 Å². The predicted octanol–water partition coefficient (Wildman–Crippen LogP) is 17.5. The smallest absolute Gasteiger partial charge is 0.456 e. The van der Waals surface area contributed by atoms with Crippen molar-refractivity contribution in [2.24, 2.45) is 0 Å². The molecule has 0 aromatic rings. The average Bonchev–Trinajstić information content (AvgIpc) is 3.32. The molecular weight excluding hydrogens is 892 g/mol. The first kappa shape index (κ1) is 67.7. The van der Waals surface area contributed by atoms with E-state index < -0.39 is 20.0 Å². The average molecular weight is 1000 g/mol. The molecule has 0 fully saturated rings. The molecule has 10 heteroatoms. The first-order valence-corrected chi connectivity index (χ1v) is 30.6. The van der Waals surface area contributed by atoms with Gasteiger partial charge in [-0.05, 0) is 96.0 Å². The van der Waals surface area contributed by atoms with Gasteiger partial charge in [-0.3, -0.25) is 18.6 Å². The van der Waals surface area contributed by atoms with Crippen LogP contribution in [0.4, 0.5) is 0 Å². The molecule has 0 radical (unpaired) electrons. The number of likely N-dealkylation sites (N-methyl/N-ethyl adjacent to an activating group) is 1. The van der Waals surface area contributed by atoms with E-state index in [0.29, 0.717) is 23.9 Å². The fourth-order valence-electron chi connectivity index (χ4n) is 8.12. The summed E-state index contributed by atoms with van der Waals surface area (Å²) in [5, 5.41) is 3.03.